The quantitative estimate of drug-likeness (QED) is 0.884. The van der Waals surface area contributed by atoms with E-state index < -0.39 is 0 Å². The fourth-order valence-electron chi connectivity index (χ4n) is 2.28. The summed E-state index contributed by atoms with van der Waals surface area (Å²) in [7, 11) is 0. The number of halogens is 1. The number of amides is 1. The lowest BCUT2D eigenvalue weighted by Crippen LogP contribution is -2.25. The summed E-state index contributed by atoms with van der Waals surface area (Å²) < 4.78 is 6.41. The van der Waals surface area contributed by atoms with E-state index in [4.69, 9.17) is 4.74 Å². The first-order valence-corrected chi connectivity index (χ1v) is 7.50. The predicted octanol–water partition coefficient (Wildman–Crippen LogP) is 3.95. The fourth-order valence-corrected chi connectivity index (χ4v) is 2.70. The molecule has 5 heteroatoms. The Morgan fingerprint density at radius 2 is 2.14 bits per heavy atom. The minimum Gasteiger partial charge on any atom is -0.482 e. The summed E-state index contributed by atoms with van der Waals surface area (Å²) in [6.45, 7) is 2.17. The van der Waals surface area contributed by atoms with E-state index in [0.29, 0.717) is 11.4 Å². The SMILES string of the molecule is CC(Nc1ccc2c(c1)NC(=O)CO2)c1cccc(Br)c1. The first kappa shape index (κ1) is 13.9. The molecule has 1 aliphatic rings. The number of hydrogen-bond donors (Lipinski definition) is 2. The molecule has 2 N–H and O–H groups in total. The van der Waals surface area contributed by atoms with Gasteiger partial charge in [-0.05, 0) is 42.8 Å². The molecule has 4 nitrogen and oxygen atoms in total. The van der Waals surface area contributed by atoms with Crippen molar-refractivity contribution < 1.29 is 9.53 Å². The molecule has 3 rings (SSSR count). The Morgan fingerprint density at radius 3 is 2.95 bits per heavy atom. The maximum atomic E-state index is 11.4. The summed E-state index contributed by atoms with van der Waals surface area (Å²) in [5.74, 6) is 0.579. The number of ether oxygens (including phenoxy) is 1. The van der Waals surface area contributed by atoms with Crippen LogP contribution in [-0.4, -0.2) is 12.5 Å². The second kappa shape index (κ2) is 5.77. The number of hydrogen-bond acceptors (Lipinski definition) is 3. The molecule has 0 saturated heterocycles. The average molecular weight is 347 g/mol. The summed E-state index contributed by atoms with van der Waals surface area (Å²) in [5, 5.41) is 6.23. The summed E-state index contributed by atoms with van der Waals surface area (Å²) in [4.78, 5) is 11.4. The molecule has 21 heavy (non-hydrogen) atoms. The van der Waals surface area contributed by atoms with Gasteiger partial charge in [-0.2, -0.15) is 0 Å². The van der Waals surface area contributed by atoms with Crippen molar-refractivity contribution in [2.24, 2.45) is 0 Å². The monoisotopic (exact) mass is 346 g/mol. The van der Waals surface area contributed by atoms with Crippen LogP contribution in [0.1, 0.15) is 18.5 Å². The molecule has 0 radical (unpaired) electrons. The van der Waals surface area contributed by atoms with Gasteiger partial charge in [-0.25, -0.2) is 0 Å². The number of benzene rings is 2. The summed E-state index contributed by atoms with van der Waals surface area (Å²) >= 11 is 3.48. The Morgan fingerprint density at radius 1 is 1.29 bits per heavy atom. The lowest BCUT2D eigenvalue weighted by Gasteiger charge is -2.21. The molecule has 1 atom stereocenters. The molecular weight excluding hydrogens is 332 g/mol. The Hall–Kier alpha value is -2.01. The van der Waals surface area contributed by atoms with Crippen LogP contribution in [0.25, 0.3) is 0 Å². The van der Waals surface area contributed by atoms with Gasteiger partial charge in [0.25, 0.3) is 5.91 Å². The summed E-state index contributed by atoms with van der Waals surface area (Å²) in [6, 6.07) is 14.0. The van der Waals surface area contributed by atoms with Crippen molar-refractivity contribution in [3.63, 3.8) is 0 Å². The highest BCUT2D eigenvalue weighted by atomic mass is 79.9. The van der Waals surface area contributed by atoms with E-state index in [-0.39, 0.29) is 18.6 Å². The van der Waals surface area contributed by atoms with Crippen molar-refractivity contribution in [3.8, 4) is 5.75 Å². The molecule has 0 bridgehead atoms. The smallest absolute Gasteiger partial charge is 0.262 e. The zero-order valence-electron chi connectivity index (χ0n) is 11.5. The topological polar surface area (TPSA) is 50.4 Å². The van der Waals surface area contributed by atoms with Crippen molar-refractivity contribution in [2.75, 3.05) is 17.2 Å². The van der Waals surface area contributed by atoms with Crippen LogP contribution in [0.15, 0.2) is 46.9 Å². The van der Waals surface area contributed by atoms with Crippen LogP contribution >= 0.6 is 15.9 Å². The van der Waals surface area contributed by atoms with Crippen molar-refractivity contribution in [2.45, 2.75) is 13.0 Å². The van der Waals surface area contributed by atoms with E-state index in [1.807, 2.05) is 30.3 Å². The highest BCUT2D eigenvalue weighted by molar-refractivity contribution is 9.10. The van der Waals surface area contributed by atoms with Crippen LogP contribution in [0.3, 0.4) is 0 Å². The van der Waals surface area contributed by atoms with Gasteiger partial charge < -0.3 is 15.4 Å². The third kappa shape index (κ3) is 3.19. The second-order valence-electron chi connectivity index (χ2n) is 4.97. The lowest BCUT2D eigenvalue weighted by molar-refractivity contribution is -0.118. The molecule has 0 aliphatic carbocycles. The summed E-state index contributed by atoms with van der Waals surface area (Å²) in [6.07, 6.45) is 0. The van der Waals surface area contributed by atoms with Gasteiger partial charge in [0.15, 0.2) is 6.61 Å². The van der Waals surface area contributed by atoms with Gasteiger partial charge in [0.05, 0.1) is 5.69 Å². The fraction of sp³-hybridized carbons (Fsp3) is 0.188. The first-order chi connectivity index (χ1) is 10.1. The molecule has 0 fully saturated rings. The largest absolute Gasteiger partial charge is 0.482 e. The Labute approximate surface area is 131 Å². The zero-order chi connectivity index (χ0) is 14.8. The molecular formula is C16H15BrN2O2. The number of carbonyl (C=O) groups excluding carboxylic acids is 1. The van der Waals surface area contributed by atoms with Crippen molar-refractivity contribution >= 4 is 33.2 Å². The van der Waals surface area contributed by atoms with Gasteiger partial charge in [0.2, 0.25) is 0 Å². The van der Waals surface area contributed by atoms with Crippen LogP contribution in [0.5, 0.6) is 5.75 Å². The average Bonchev–Trinajstić information content (AvgIpc) is 2.46. The lowest BCUT2D eigenvalue weighted by atomic mass is 10.1. The standard InChI is InChI=1S/C16H15BrN2O2/c1-10(11-3-2-4-12(17)7-11)18-13-5-6-15-14(8-13)19-16(20)9-21-15/h2-8,10,18H,9H2,1H3,(H,19,20). The van der Waals surface area contributed by atoms with E-state index in [2.05, 4.69) is 45.6 Å². The Kier molecular flexibility index (Phi) is 3.84. The number of nitrogens with one attached hydrogen (secondary N) is 2. The molecule has 1 amide bonds. The predicted molar refractivity (Wildman–Crippen MR) is 86.7 cm³/mol. The van der Waals surface area contributed by atoms with E-state index in [9.17, 15) is 4.79 Å². The minimum absolute atomic E-state index is 0.0776. The number of rotatable bonds is 3. The van der Waals surface area contributed by atoms with Gasteiger partial charge in [-0.1, -0.05) is 28.1 Å². The van der Waals surface area contributed by atoms with Crippen molar-refractivity contribution in [3.05, 3.63) is 52.5 Å². The molecule has 0 spiro atoms. The molecule has 108 valence electrons. The van der Waals surface area contributed by atoms with Gasteiger partial charge >= 0.3 is 0 Å². The van der Waals surface area contributed by atoms with E-state index in [1.54, 1.807) is 0 Å². The molecule has 1 heterocycles. The molecule has 1 aliphatic heterocycles. The van der Waals surface area contributed by atoms with Crippen molar-refractivity contribution in [1.29, 1.82) is 0 Å². The normalized spacial score (nSPS) is 14.7. The number of fused-ring (bicyclic) bond motifs is 1. The summed E-state index contributed by atoms with van der Waals surface area (Å²) in [5.41, 5.74) is 2.83. The maximum Gasteiger partial charge on any atom is 0.262 e. The van der Waals surface area contributed by atoms with Crippen LogP contribution in [0.4, 0.5) is 11.4 Å². The maximum absolute atomic E-state index is 11.4. The van der Waals surface area contributed by atoms with Crippen LogP contribution < -0.4 is 15.4 Å². The molecule has 0 saturated carbocycles. The van der Waals surface area contributed by atoms with E-state index in [0.717, 1.165) is 10.2 Å². The number of anilines is 2. The first-order valence-electron chi connectivity index (χ1n) is 6.70. The zero-order valence-corrected chi connectivity index (χ0v) is 13.1. The van der Waals surface area contributed by atoms with Gasteiger partial charge in [0, 0.05) is 16.2 Å². The number of carbonyl (C=O) groups is 1. The van der Waals surface area contributed by atoms with Gasteiger partial charge in [0.1, 0.15) is 5.75 Å². The third-order valence-electron chi connectivity index (χ3n) is 3.34. The highest BCUT2D eigenvalue weighted by Crippen LogP contribution is 2.32. The molecule has 0 aromatic heterocycles. The third-order valence-corrected chi connectivity index (χ3v) is 3.84. The second-order valence-corrected chi connectivity index (χ2v) is 5.88. The van der Waals surface area contributed by atoms with Crippen LogP contribution in [-0.2, 0) is 4.79 Å². The Balaban J connectivity index is 1.79. The van der Waals surface area contributed by atoms with Crippen LogP contribution in [0.2, 0.25) is 0 Å². The molecule has 2 aromatic carbocycles. The highest BCUT2D eigenvalue weighted by Gasteiger charge is 2.16. The van der Waals surface area contributed by atoms with Crippen LogP contribution in [0, 0.1) is 0 Å². The van der Waals surface area contributed by atoms with Gasteiger partial charge in [-0.3, -0.25) is 4.79 Å². The van der Waals surface area contributed by atoms with E-state index in [1.165, 1.54) is 5.56 Å². The molecule has 1 unspecified atom stereocenters. The molecule has 2 aromatic rings. The Bertz CT molecular complexity index is 688. The van der Waals surface area contributed by atoms with Gasteiger partial charge in [-0.15, -0.1) is 0 Å². The van der Waals surface area contributed by atoms with E-state index >= 15 is 0 Å². The van der Waals surface area contributed by atoms with Crippen molar-refractivity contribution in [1.82, 2.24) is 0 Å². The minimum atomic E-state index is -0.125.